The molecule has 0 saturated carbocycles. The molecule has 8 nitrogen and oxygen atoms in total. The van der Waals surface area contributed by atoms with Gasteiger partial charge in [0.05, 0.1) is 7.11 Å². The van der Waals surface area contributed by atoms with Crippen molar-refractivity contribution < 1.29 is 9.53 Å². The summed E-state index contributed by atoms with van der Waals surface area (Å²) in [6.07, 6.45) is 1.36. The van der Waals surface area contributed by atoms with Crippen LogP contribution >= 0.6 is 0 Å². The molecule has 3 rings (SSSR count). The highest BCUT2D eigenvalue weighted by atomic mass is 16.5. The molecule has 2 aromatic carbocycles. The van der Waals surface area contributed by atoms with Crippen molar-refractivity contribution in [2.24, 2.45) is 0 Å². The van der Waals surface area contributed by atoms with E-state index < -0.39 is 0 Å². The van der Waals surface area contributed by atoms with Crippen LogP contribution in [0.2, 0.25) is 0 Å². The minimum atomic E-state index is -0.330. The summed E-state index contributed by atoms with van der Waals surface area (Å²) >= 11 is 0. The monoisotopic (exact) mass is 364 g/mol. The van der Waals surface area contributed by atoms with Crippen LogP contribution in [-0.4, -0.2) is 23.0 Å². The minimum Gasteiger partial charge on any atom is -0.497 e. The summed E-state index contributed by atoms with van der Waals surface area (Å²) in [6, 6.07) is 14.5. The SMILES string of the molecule is COc1ccc(C(=O)NNc2ncnc(Nc3cccc(C)c3)c2N)cc1. The molecule has 0 aliphatic heterocycles. The minimum absolute atomic E-state index is 0.286. The van der Waals surface area contributed by atoms with Crippen LogP contribution in [0.5, 0.6) is 5.75 Å². The number of amides is 1. The van der Waals surface area contributed by atoms with Gasteiger partial charge >= 0.3 is 0 Å². The highest BCUT2D eigenvalue weighted by Gasteiger charge is 2.11. The number of carbonyl (C=O) groups excluding carboxylic acids is 1. The van der Waals surface area contributed by atoms with Crippen LogP contribution in [0, 0.1) is 6.92 Å². The Morgan fingerprint density at radius 2 is 1.81 bits per heavy atom. The van der Waals surface area contributed by atoms with Crippen LogP contribution in [0.1, 0.15) is 15.9 Å². The van der Waals surface area contributed by atoms with E-state index in [1.165, 1.54) is 6.33 Å². The van der Waals surface area contributed by atoms with E-state index in [1.54, 1.807) is 31.4 Å². The molecule has 8 heteroatoms. The van der Waals surface area contributed by atoms with Gasteiger partial charge < -0.3 is 15.8 Å². The van der Waals surface area contributed by atoms with E-state index in [0.29, 0.717) is 22.9 Å². The number of nitrogens with two attached hydrogens (primary N) is 1. The number of nitrogens with one attached hydrogen (secondary N) is 3. The molecule has 5 N–H and O–H groups in total. The molecule has 0 aliphatic carbocycles. The van der Waals surface area contributed by atoms with Gasteiger partial charge in [0.1, 0.15) is 17.8 Å². The molecule has 0 bridgehead atoms. The molecule has 1 amide bonds. The first-order valence-corrected chi connectivity index (χ1v) is 8.21. The number of rotatable bonds is 6. The zero-order valence-corrected chi connectivity index (χ0v) is 15.0. The molecule has 0 unspecified atom stereocenters. The number of aryl methyl sites for hydroxylation is 1. The fourth-order valence-electron chi connectivity index (χ4n) is 2.38. The van der Waals surface area contributed by atoms with Crippen LogP contribution in [0.4, 0.5) is 23.0 Å². The quantitative estimate of drug-likeness (QED) is 0.497. The molecule has 0 aliphatic rings. The molecule has 1 aromatic heterocycles. The Kier molecular flexibility index (Phi) is 5.36. The summed E-state index contributed by atoms with van der Waals surface area (Å²) in [6.45, 7) is 2.00. The maximum Gasteiger partial charge on any atom is 0.269 e. The van der Waals surface area contributed by atoms with Gasteiger partial charge in [0.2, 0.25) is 0 Å². The Morgan fingerprint density at radius 3 is 2.52 bits per heavy atom. The van der Waals surface area contributed by atoms with Gasteiger partial charge in [-0.3, -0.25) is 15.6 Å². The predicted octanol–water partition coefficient (Wildman–Crippen LogP) is 2.88. The molecule has 138 valence electrons. The summed E-state index contributed by atoms with van der Waals surface area (Å²) in [4.78, 5) is 20.5. The number of methoxy groups -OCH3 is 1. The Bertz CT molecular complexity index is 943. The van der Waals surface area contributed by atoms with Gasteiger partial charge in [-0.15, -0.1) is 0 Å². The van der Waals surface area contributed by atoms with Gasteiger partial charge in [0.15, 0.2) is 11.6 Å². The maximum atomic E-state index is 12.2. The van der Waals surface area contributed by atoms with Crippen molar-refractivity contribution in [2.75, 3.05) is 23.6 Å². The molecule has 27 heavy (non-hydrogen) atoms. The van der Waals surface area contributed by atoms with E-state index in [1.807, 2.05) is 31.2 Å². The van der Waals surface area contributed by atoms with Crippen molar-refractivity contribution in [3.63, 3.8) is 0 Å². The van der Waals surface area contributed by atoms with Crippen molar-refractivity contribution in [3.8, 4) is 5.75 Å². The van der Waals surface area contributed by atoms with Crippen LogP contribution in [-0.2, 0) is 0 Å². The smallest absolute Gasteiger partial charge is 0.269 e. The van der Waals surface area contributed by atoms with Gasteiger partial charge in [-0.1, -0.05) is 12.1 Å². The first-order chi connectivity index (χ1) is 13.1. The first kappa shape index (κ1) is 18.0. The zero-order chi connectivity index (χ0) is 19.2. The normalized spacial score (nSPS) is 10.1. The van der Waals surface area contributed by atoms with E-state index >= 15 is 0 Å². The van der Waals surface area contributed by atoms with Crippen molar-refractivity contribution in [1.82, 2.24) is 15.4 Å². The molecule has 0 fully saturated rings. The first-order valence-electron chi connectivity index (χ1n) is 8.21. The van der Waals surface area contributed by atoms with E-state index in [-0.39, 0.29) is 11.6 Å². The number of hydrogen-bond acceptors (Lipinski definition) is 7. The second-order valence-corrected chi connectivity index (χ2v) is 5.79. The lowest BCUT2D eigenvalue weighted by molar-refractivity contribution is 0.0962. The lowest BCUT2D eigenvalue weighted by Crippen LogP contribution is -2.30. The van der Waals surface area contributed by atoms with Crippen molar-refractivity contribution in [2.45, 2.75) is 6.92 Å². The Hall–Kier alpha value is -3.81. The van der Waals surface area contributed by atoms with Crippen LogP contribution < -0.4 is 26.6 Å². The molecular formula is C19H20N6O2. The number of ether oxygens (including phenoxy) is 1. The van der Waals surface area contributed by atoms with Gasteiger partial charge in [-0.25, -0.2) is 9.97 Å². The number of hydrogen-bond donors (Lipinski definition) is 4. The van der Waals surface area contributed by atoms with Gasteiger partial charge in [-0.05, 0) is 48.9 Å². The Labute approximate surface area is 156 Å². The van der Waals surface area contributed by atoms with Gasteiger partial charge in [-0.2, -0.15) is 0 Å². The number of carbonyl (C=O) groups is 1. The summed E-state index contributed by atoms with van der Waals surface area (Å²) in [5.41, 5.74) is 14.1. The van der Waals surface area contributed by atoms with Crippen LogP contribution in [0.25, 0.3) is 0 Å². The van der Waals surface area contributed by atoms with E-state index in [0.717, 1.165) is 11.3 Å². The van der Waals surface area contributed by atoms with E-state index in [2.05, 4.69) is 26.1 Å². The number of benzene rings is 2. The molecule has 0 radical (unpaired) electrons. The summed E-state index contributed by atoms with van der Waals surface area (Å²) < 4.78 is 5.08. The van der Waals surface area contributed by atoms with Gasteiger partial charge in [0, 0.05) is 11.3 Å². The zero-order valence-electron chi connectivity index (χ0n) is 15.0. The fourth-order valence-corrected chi connectivity index (χ4v) is 2.38. The number of aromatic nitrogens is 2. The number of nitrogen functional groups attached to an aromatic ring is 1. The molecular weight excluding hydrogens is 344 g/mol. The fraction of sp³-hybridized carbons (Fsp3) is 0.105. The summed E-state index contributed by atoms with van der Waals surface area (Å²) in [7, 11) is 1.57. The predicted molar refractivity (Wildman–Crippen MR) is 105 cm³/mol. The Balaban J connectivity index is 1.69. The molecule has 3 aromatic rings. The maximum absolute atomic E-state index is 12.2. The lowest BCUT2D eigenvalue weighted by atomic mass is 10.2. The summed E-state index contributed by atoms with van der Waals surface area (Å²) in [5.74, 6) is 1.08. The van der Waals surface area contributed by atoms with Crippen LogP contribution in [0.3, 0.4) is 0 Å². The van der Waals surface area contributed by atoms with Gasteiger partial charge in [0.25, 0.3) is 5.91 Å². The number of anilines is 4. The highest BCUT2D eigenvalue weighted by Crippen LogP contribution is 2.25. The third kappa shape index (κ3) is 4.43. The average molecular weight is 364 g/mol. The average Bonchev–Trinajstić information content (AvgIpc) is 2.68. The second kappa shape index (κ2) is 8.05. The molecule has 0 spiro atoms. The van der Waals surface area contributed by atoms with E-state index in [4.69, 9.17) is 10.5 Å². The van der Waals surface area contributed by atoms with Crippen molar-refractivity contribution in [1.29, 1.82) is 0 Å². The lowest BCUT2D eigenvalue weighted by Gasteiger charge is -2.13. The largest absolute Gasteiger partial charge is 0.497 e. The summed E-state index contributed by atoms with van der Waals surface area (Å²) in [5, 5.41) is 3.14. The molecule has 0 atom stereocenters. The van der Waals surface area contributed by atoms with Crippen LogP contribution in [0.15, 0.2) is 54.9 Å². The molecule has 0 saturated heterocycles. The highest BCUT2D eigenvalue weighted by molar-refractivity contribution is 5.95. The topological polar surface area (TPSA) is 114 Å². The number of hydrazine groups is 1. The third-order valence-corrected chi connectivity index (χ3v) is 3.81. The second-order valence-electron chi connectivity index (χ2n) is 5.79. The Morgan fingerprint density at radius 1 is 1.07 bits per heavy atom. The van der Waals surface area contributed by atoms with E-state index in [9.17, 15) is 4.79 Å². The van der Waals surface area contributed by atoms with Crippen molar-refractivity contribution >= 4 is 28.9 Å². The van der Waals surface area contributed by atoms with Crippen molar-refractivity contribution in [3.05, 3.63) is 66.0 Å². The standard InChI is InChI=1S/C19H20N6O2/c1-12-4-3-5-14(10-12)23-17-16(20)18(22-11-21-17)24-25-19(26)13-6-8-15(27-2)9-7-13/h3-11H,20H2,1-2H3,(H,25,26)(H2,21,22,23,24). The number of nitrogens with zero attached hydrogens (tertiary/aromatic N) is 2. The third-order valence-electron chi connectivity index (χ3n) is 3.81. The molecule has 1 heterocycles.